The van der Waals surface area contributed by atoms with E-state index in [1.165, 1.54) is 5.56 Å². The predicted octanol–water partition coefficient (Wildman–Crippen LogP) is 3.38. The van der Waals surface area contributed by atoms with Crippen molar-refractivity contribution in [2.45, 2.75) is 26.2 Å². The fourth-order valence-corrected chi connectivity index (χ4v) is 3.38. The number of hydrogen-bond acceptors (Lipinski definition) is 5. The minimum Gasteiger partial charge on any atom is -0.397 e. The molecule has 4 N–H and O–H groups in total. The molecule has 0 aromatic carbocycles. The second-order valence-corrected chi connectivity index (χ2v) is 5.93. The van der Waals surface area contributed by atoms with Crippen molar-refractivity contribution in [3.63, 3.8) is 0 Å². The van der Waals surface area contributed by atoms with Crippen LogP contribution in [0.2, 0.25) is 0 Å². The zero-order valence-electron chi connectivity index (χ0n) is 12.0. The molecule has 0 saturated carbocycles. The van der Waals surface area contributed by atoms with Crippen molar-refractivity contribution >= 4 is 33.0 Å². The van der Waals surface area contributed by atoms with Crippen LogP contribution in [0.4, 0.5) is 5.69 Å². The van der Waals surface area contributed by atoms with Crippen LogP contribution in [0.25, 0.3) is 10.2 Å². The van der Waals surface area contributed by atoms with Crippen LogP contribution in [0.5, 0.6) is 0 Å². The Labute approximate surface area is 127 Å². The molecule has 0 aliphatic carbocycles. The molecule has 0 saturated heterocycles. The summed E-state index contributed by atoms with van der Waals surface area (Å²) in [5, 5.41) is 3.06. The lowest BCUT2D eigenvalue weighted by Crippen LogP contribution is -2.06. The number of rotatable bonds is 3. The molecule has 0 bridgehead atoms. The van der Waals surface area contributed by atoms with Gasteiger partial charge >= 0.3 is 0 Å². The normalized spacial score (nSPS) is 14.9. The number of pyridine rings is 1. The number of aryl methyl sites for hydroxylation is 1. The number of anilines is 1. The summed E-state index contributed by atoms with van der Waals surface area (Å²) in [5.74, 6) is 0.517. The molecule has 2 aromatic rings. The summed E-state index contributed by atoms with van der Waals surface area (Å²) >= 11 is 1.58. The molecule has 0 radical (unpaired) electrons. The van der Waals surface area contributed by atoms with Crippen LogP contribution in [0.3, 0.4) is 0 Å². The van der Waals surface area contributed by atoms with Gasteiger partial charge in [0.05, 0.1) is 17.1 Å². The molecule has 21 heavy (non-hydrogen) atoms. The van der Waals surface area contributed by atoms with E-state index >= 15 is 0 Å². The van der Waals surface area contributed by atoms with E-state index in [4.69, 9.17) is 16.5 Å². The summed E-state index contributed by atoms with van der Waals surface area (Å²) in [6, 6.07) is 2.11. The molecule has 0 atom stereocenters. The number of nitrogen functional groups attached to an aromatic ring is 1. The average molecular weight is 298 g/mol. The Balaban J connectivity index is 2.15. The van der Waals surface area contributed by atoms with Crippen LogP contribution in [-0.2, 0) is 6.42 Å². The molecule has 1 aliphatic rings. The number of aromatic nitrogens is 1. The van der Waals surface area contributed by atoms with E-state index in [0.29, 0.717) is 5.82 Å². The fraction of sp³-hybridized carbons (Fsp3) is 0.250. The maximum atomic E-state index is 6.08. The Bertz CT molecular complexity index is 768. The van der Waals surface area contributed by atoms with Crippen LogP contribution < -0.4 is 11.5 Å². The fourth-order valence-electron chi connectivity index (χ4n) is 2.51. The zero-order valence-corrected chi connectivity index (χ0v) is 12.8. The van der Waals surface area contributed by atoms with Gasteiger partial charge in [-0.1, -0.05) is 25.5 Å². The number of thiophene rings is 1. The van der Waals surface area contributed by atoms with Gasteiger partial charge in [0.15, 0.2) is 0 Å². The number of nitrogens with zero attached hydrogens (tertiary/aromatic N) is 2. The van der Waals surface area contributed by atoms with Crippen LogP contribution in [0, 0.1) is 0 Å². The summed E-state index contributed by atoms with van der Waals surface area (Å²) in [7, 11) is 0. The number of allylic oxidation sites excluding steroid dienone is 3. The first-order chi connectivity index (χ1) is 10.2. The molecule has 0 spiro atoms. The Hall–Kier alpha value is -2.14. The van der Waals surface area contributed by atoms with E-state index in [1.807, 2.05) is 23.6 Å². The lowest BCUT2D eigenvalue weighted by atomic mass is 10.0. The summed E-state index contributed by atoms with van der Waals surface area (Å²) in [4.78, 5) is 10.2. The summed E-state index contributed by atoms with van der Waals surface area (Å²) in [6.07, 6.45) is 8.58. The monoisotopic (exact) mass is 298 g/mol. The molecule has 3 heterocycles. The van der Waals surface area contributed by atoms with E-state index in [1.54, 1.807) is 11.3 Å². The number of nitrogens with two attached hydrogens (primary N) is 2. The maximum Gasteiger partial charge on any atom is 0.126 e. The molecular formula is C16H18N4S. The van der Waals surface area contributed by atoms with Gasteiger partial charge in [-0.25, -0.2) is 9.98 Å². The molecule has 0 unspecified atom stereocenters. The third-order valence-electron chi connectivity index (χ3n) is 3.45. The summed E-state index contributed by atoms with van der Waals surface area (Å²) < 4.78 is 0. The first kappa shape index (κ1) is 13.8. The van der Waals surface area contributed by atoms with Crippen LogP contribution in [0.15, 0.2) is 40.5 Å². The highest BCUT2D eigenvalue weighted by atomic mass is 32.1. The zero-order chi connectivity index (χ0) is 14.8. The van der Waals surface area contributed by atoms with Gasteiger partial charge in [-0.05, 0) is 24.1 Å². The number of fused-ring (bicyclic) bond motifs is 1. The highest BCUT2D eigenvalue weighted by Gasteiger charge is 2.14. The molecule has 3 rings (SSSR count). The smallest absolute Gasteiger partial charge is 0.126 e. The first-order valence-electron chi connectivity index (χ1n) is 7.06. The second kappa shape index (κ2) is 5.69. The van der Waals surface area contributed by atoms with E-state index < -0.39 is 0 Å². The van der Waals surface area contributed by atoms with E-state index in [0.717, 1.165) is 46.6 Å². The lowest BCUT2D eigenvalue weighted by molar-refractivity contribution is 0.927. The molecule has 2 aromatic heterocycles. The quantitative estimate of drug-likeness (QED) is 0.912. The summed E-state index contributed by atoms with van der Waals surface area (Å²) in [6.45, 7) is 2.17. The van der Waals surface area contributed by atoms with Gasteiger partial charge in [0, 0.05) is 17.2 Å². The molecule has 4 nitrogen and oxygen atoms in total. The topological polar surface area (TPSA) is 77.3 Å². The van der Waals surface area contributed by atoms with Gasteiger partial charge in [0.1, 0.15) is 10.7 Å². The molecule has 108 valence electrons. The predicted molar refractivity (Wildman–Crippen MR) is 90.6 cm³/mol. The minimum atomic E-state index is 0.517. The standard InChI is InChI=1S/C16H18N4S/c1-2-5-10-8-13(12-6-3-4-7-14(18)19-12)20-16-15(10)11(17)9-21-16/h3-4,7-9H,2,5-6,17-18H2,1H3. The largest absolute Gasteiger partial charge is 0.397 e. The first-order valence-corrected chi connectivity index (χ1v) is 7.94. The van der Waals surface area contributed by atoms with Gasteiger partial charge in [-0.15, -0.1) is 11.3 Å². The van der Waals surface area contributed by atoms with Crippen molar-refractivity contribution in [3.8, 4) is 0 Å². The van der Waals surface area contributed by atoms with Gasteiger partial charge in [-0.2, -0.15) is 0 Å². The van der Waals surface area contributed by atoms with Crippen molar-refractivity contribution < 1.29 is 0 Å². The average Bonchev–Trinajstić information content (AvgIpc) is 2.70. The SMILES string of the molecule is CCCc1cc(C2=NC(N)=CC=CC2)nc2scc(N)c12. The van der Waals surface area contributed by atoms with Crippen molar-refractivity contribution in [2.75, 3.05) is 5.73 Å². The molecule has 5 heteroatoms. The Morgan fingerprint density at radius 1 is 1.33 bits per heavy atom. The van der Waals surface area contributed by atoms with Gasteiger partial charge in [-0.3, -0.25) is 0 Å². The molecular weight excluding hydrogens is 280 g/mol. The van der Waals surface area contributed by atoms with Gasteiger partial charge < -0.3 is 11.5 Å². The van der Waals surface area contributed by atoms with Crippen LogP contribution >= 0.6 is 11.3 Å². The van der Waals surface area contributed by atoms with E-state index in [9.17, 15) is 0 Å². The maximum absolute atomic E-state index is 6.08. The van der Waals surface area contributed by atoms with Crippen molar-refractivity contribution in [2.24, 2.45) is 10.7 Å². The third kappa shape index (κ3) is 2.69. The van der Waals surface area contributed by atoms with Crippen LogP contribution in [0.1, 0.15) is 31.0 Å². The van der Waals surface area contributed by atoms with Gasteiger partial charge in [0.2, 0.25) is 0 Å². The second-order valence-electron chi connectivity index (χ2n) is 5.07. The third-order valence-corrected chi connectivity index (χ3v) is 4.34. The molecule has 0 fully saturated rings. The molecule has 1 aliphatic heterocycles. The number of hydrogen-bond donors (Lipinski definition) is 2. The van der Waals surface area contributed by atoms with E-state index in [-0.39, 0.29) is 0 Å². The Morgan fingerprint density at radius 2 is 2.19 bits per heavy atom. The van der Waals surface area contributed by atoms with Crippen molar-refractivity contribution in [1.29, 1.82) is 0 Å². The Morgan fingerprint density at radius 3 is 3.00 bits per heavy atom. The van der Waals surface area contributed by atoms with E-state index in [2.05, 4.69) is 18.0 Å². The minimum absolute atomic E-state index is 0.517. The lowest BCUT2D eigenvalue weighted by Gasteiger charge is -2.08. The molecule has 0 amide bonds. The van der Waals surface area contributed by atoms with Crippen molar-refractivity contribution in [3.05, 3.63) is 46.8 Å². The van der Waals surface area contributed by atoms with Gasteiger partial charge in [0.25, 0.3) is 0 Å². The van der Waals surface area contributed by atoms with Crippen LogP contribution in [-0.4, -0.2) is 10.7 Å². The van der Waals surface area contributed by atoms with Crippen molar-refractivity contribution in [1.82, 2.24) is 4.98 Å². The Kier molecular flexibility index (Phi) is 3.75. The number of aliphatic imine (C=N–C) groups is 1. The summed E-state index contributed by atoms with van der Waals surface area (Å²) in [5.41, 5.74) is 15.8. The highest BCUT2D eigenvalue weighted by molar-refractivity contribution is 7.17. The highest BCUT2D eigenvalue weighted by Crippen LogP contribution is 2.31.